The largest absolute Gasteiger partial charge is 0.108 e. The Kier molecular flexibility index (Phi) is 7.04. The molecule has 0 aromatic heterocycles. The third-order valence-corrected chi connectivity index (χ3v) is 3.16. The first kappa shape index (κ1) is 9.53. The van der Waals surface area contributed by atoms with Crippen LogP contribution >= 0.6 is 35.7 Å². The van der Waals surface area contributed by atoms with Crippen molar-refractivity contribution in [2.75, 3.05) is 11.5 Å². The normalized spacial score (nSPS) is 9.00. The molecule has 0 aliphatic rings. The van der Waals surface area contributed by atoms with E-state index in [1.807, 2.05) is 6.08 Å². The van der Waals surface area contributed by atoms with Gasteiger partial charge in [0, 0.05) is 5.75 Å². The van der Waals surface area contributed by atoms with Crippen LogP contribution < -0.4 is 0 Å². The molecule has 0 amide bonds. The predicted molar refractivity (Wildman–Crippen MR) is 53.4 cm³/mol. The number of thiocarbonyl (C=S) groups is 1. The molecule has 0 heterocycles. The first-order valence-corrected chi connectivity index (χ1v) is 5.09. The molecule has 0 atom stereocenters. The average molecular weight is 178 g/mol. The maximum absolute atomic E-state index is 5.00. The number of rotatable bonds is 3. The van der Waals surface area contributed by atoms with Gasteiger partial charge in [0.2, 0.25) is 0 Å². The van der Waals surface area contributed by atoms with Crippen molar-refractivity contribution < 1.29 is 0 Å². The van der Waals surface area contributed by atoms with Gasteiger partial charge in [0.1, 0.15) is 3.53 Å². The molecule has 0 fully saturated rings. The monoisotopic (exact) mass is 178 g/mol. The van der Waals surface area contributed by atoms with Crippen LogP contribution in [0.4, 0.5) is 0 Å². The van der Waals surface area contributed by atoms with E-state index < -0.39 is 0 Å². The molecule has 0 unspecified atom stereocenters. The van der Waals surface area contributed by atoms with Crippen molar-refractivity contribution in [3.8, 4) is 0 Å². The van der Waals surface area contributed by atoms with Crippen molar-refractivity contribution in [1.29, 1.82) is 0 Å². The molecule has 0 saturated heterocycles. The summed E-state index contributed by atoms with van der Waals surface area (Å²) in [5.41, 5.74) is 0. The molecule has 0 spiro atoms. The molecule has 9 heavy (non-hydrogen) atoms. The van der Waals surface area contributed by atoms with Gasteiger partial charge in [-0.3, -0.25) is 0 Å². The number of thioether (sulfide) groups is 2. The van der Waals surface area contributed by atoms with Gasteiger partial charge < -0.3 is 0 Å². The third kappa shape index (κ3) is 6.41. The molecule has 0 aromatic carbocycles. The van der Waals surface area contributed by atoms with Crippen molar-refractivity contribution in [1.82, 2.24) is 0 Å². The Hall–Kier alpha value is 0.530. The van der Waals surface area contributed by atoms with E-state index in [4.69, 9.17) is 12.2 Å². The van der Waals surface area contributed by atoms with Crippen LogP contribution in [0.3, 0.4) is 0 Å². The molecule has 0 radical (unpaired) electrons. The molecule has 0 aromatic rings. The van der Waals surface area contributed by atoms with Gasteiger partial charge in [-0.05, 0) is 5.75 Å². The van der Waals surface area contributed by atoms with E-state index >= 15 is 0 Å². The highest BCUT2D eigenvalue weighted by Crippen LogP contribution is 2.16. The Balaban J connectivity index is 3.16. The molecule has 0 nitrogen and oxygen atoms in total. The smallest absolute Gasteiger partial charge is 0.104 e. The average Bonchev–Trinajstić information content (AvgIpc) is 1.85. The van der Waals surface area contributed by atoms with Gasteiger partial charge in [-0.1, -0.05) is 25.2 Å². The van der Waals surface area contributed by atoms with Gasteiger partial charge >= 0.3 is 0 Å². The van der Waals surface area contributed by atoms with E-state index in [0.717, 1.165) is 15.0 Å². The minimum atomic E-state index is 0.936. The van der Waals surface area contributed by atoms with Gasteiger partial charge in [0.25, 0.3) is 0 Å². The highest BCUT2D eigenvalue weighted by atomic mass is 32.2. The molecule has 0 saturated carbocycles. The molecule has 0 rings (SSSR count). The molecule has 0 aliphatic heterocycles. The summed E-state index contributed by atoms with van der Waals surface area (Å²) in [5.74, 6) is 2.01. The maximum atomic E-state index is 5.00. The van der Waals surface area contributed by atoms with Crippen LogP contribution in [0.2, 0.25) is 0 Å². The predicted octanol–water partition coefficient (Wildman–Crippen LogP) is 2.94. The van der Waals surface area contributed by atoms with Crippen LogP contribution in [-0.4, -0.2) is 15.0 Å². The summed E-state index contributed by atoms with van der Waals surface area (Å²) in [7, 11) is 0. The molecule has 52 valence electrons. The van der Waals surface area contributed by atoms with E-state index in [1.165, 1.54) is 0 Å². The second-order valence-electron chi connectivity index (χ2n) is 1.28. The standard InChI is InChI=1S/C6H10S3/c1-3-5-9-6(7)8-4-2/h3H,1,4-5H2,2H3. The first-order chi connectivity index (χ1) is 4.31. The molecule has 0 N–H and O–H groups in total. The lowest BCUT2D eigenvalue weighted by atomic mass is 10.8. The zero-order chi connectivity index (χ0) is 7.11. The van der Waals surface area contributed by atoms with E-state index in [0.29, 0.717) is 0 Å². The molecule has 3 heteroatoms. The Morgan fingerprint density at radius 2 is 2.33 bits per heavy atom. The molecule has 0 aliphatic carbocycles. The summed E-state index contributed by atoms with van der Waals surface area (Å²) in [5, 5.41) is 0. The van der Waals surface area contributed by atoms with Crippen LogP contribution in [0.1, 0.15) is 6.92 Å². The maximum Gasteiger partial charge on any atom is 0.104 e. The quantitative estimate of drug-likeness (QED) is 0.482. The van der Waals surface area contributed by atoms with Crippen LogP contribution in [0.15, 0.2) is 12.7 Å². The SMILES string of the molecule is C=CCSC(=S)SCC. The lowest BCUT2D eigenvalue weighted by Crippen LogP contribution is -1.81. The lowest BCUT2D eigenvalue weighted by Gasteiger charge is -1.95. The van der Waals surface area contributed by atoms with E-state index in [1.54, 1.807) is 23.5 Å². The molecular formula is C6H10S3. The van der Waals surface area contributed by atoms with Gasteiger partial charge in [-0.15, -0.1) is 30.1 Å². The molecular weight excluding hydrogens is 168 g/mol. The molecule has 0 bridgehead atoms. The Labute approximate surface area is 70.5 Å². The fourth-order valence-electron chi connectivity index (χ4n) is 0.286. The minimum absolute atomic E-state index is 0.936. The minimum Gasteiger partial charge on any atom is -0.108 e. The summed E-state index contributed by atoms with van der Waals surface area (Å²) in [6.45, 7) is 5.71. The third-order valence-electron chi connectivity index (χ3n) is 0.581. The van der Waals surface area contributed by atoms with Crippen molar-refractivity contribution >= 4 is 39.3 Å². The Morgan fingerprint density at radius 3 is 2.78 bits per heavy atom. The van der Waals surface area contributed by atoms with Crippen molar-refractivity contribution in [2.24, 2.45) is 0 Å². The Morgan fingerprint density at radius 1 is 1.67 bits per heavy atom. The van der Waals surface area contributed by atoms with Crippen molar-refractivity contribution in [2.45, 2.75) is 6.92 Å². The summed E-state index contributed by atoms with van der Waals surface area (Å²) in [6, 6.07) is 0. The van der Waals surface area contributed by atoms with Gasteiger partial charge in [0.15, 0.2) is 0 Å². The topological polar surface area (TPSA) is 0 Å². The van der Waals surface area contributed by atoms with Crippen LogP contribution in [-0.2, 0) is 0 Å². The van der Waals surface area contributed by atoms with E-state index in [-0.39, 0.29) is 0 Å². The summed E-state index contributed by atoms with van der Waals surface area (Å²) >= 11 is 8.39. The lowest BCUT2D eigenvalue weighted by molar-refractivity contribution is 1.54. The zero-order valence-corrected chi connectivity index (χ0v) is 7.87. The summed E-state index contributed by atoms with van der Waals surface area (Å²) in [4.78, 5) is 0. The number of hydrogen-bond acceptors (Lipinski definition) is 3. The van der Waals surface area contributed by atoms with Crippen molar-refractivity contribution in [3.63, 3.8) is 0 Å². The van der Waals surface area contributed by atoms with Gasteiger partial charge in [-0.2, -0.15) is 0 Å². The van der Waals surface area contributed by atoms with Crippen LogP contribution in [0, 0.1) is 0 Å². The van der Waals surface area contributed by atoms with Gasteiger partial charge in [0.05, 0.1) is 0 Å². The fraction of sp³-hybridized carbons (Fsp3) is 0.500. The van der Waals surface area contributed by atoms with E-state index in [9.17, 15) is 0 Å². The summed E-state index contributed by atoms with van der Waals surface area (Å²) < 4.78 is 1.03. The highest BCUT2D eigenvalue weighted by molar-refractivity contribution is 8.47. The van der Waals surface area contributed by atoms with Crippen LogP contribution in [0.25, 0.3) is 0 Å². The fourth-order valence-corrected chi connectivity index (χ4v) is 2.22. The Bertz CT molecular complexity index is 98.5. The van der Waals surface area contributed by atoms with Crippen molar-refractivity contribution in [3.05, 3.63) is 12.7 Å². The van der Waals surface area contributed by atoms with Gasteiger partial charge in [-0.25, -0.2) is 0 Å². The number of hydrogen-bond donors (Lipinski definition) is 0. The van der Waals surface area contributed by atoms with Crippen LogP contribution in [0.5, 0.6) is 0 Å². The summed E-state index contributed by atoms with van der Waals surface area (Å²) in [6.07, 6.45) is 1.87. The second kappa shape index (κ2) is 6.65. The zero-order valence-electron chi connectivity index (χ0n) is 5.42. The first-order valence-electron chi connectivity index (χ1n) is 2.71. The highest BCUT2D eigenvalue weighted by Gasteiger charge is 1.92. The van der Waals surface area contributed by atoms with E-state index in [2.05, 4.69) is 13.5 Å². The second-order valence-corrected chi connectivity index (χ2v) is 4.77.